The van der Waals surface area contributed by atoms with Gasteiger partial charge in [-0.3, -0.25) is 9.10 Å². The summed E-state index contributed by atoms with van der Waals surface area (Å²) in [5.74, 6) is -0.0632. The van der Waals surface area contributed by atoms with Gasteiger partial charge in [-0.2, -0.15) is 5.10 Å². The lowest BCUT2D eigenvalue weighted by Crippen LogP contribution is -2.39. The monoisotopic (exact) mass is 505 g/mol. The molecule has 0 radical (unpaired) electrons. The Morgan fingerprint density at radius 3 is 2.24 bits per heavy atom. The van der Waals surface area contributed by atoms with Crippen LogP contribution in [0.1, 0.15) is 12.5 Å². The van der Waals surface area contributed by atoms with Crippen LogP contribution in [0.4, 0.5) is 5.69 Å². The summed E-state index contributed by atoms with van der Waals surface area (Å²) in [6.45, 7) is 1.82. The number of halogens is 2. The molecule has 0 aromatic heterocycles. The molecule has 3 rings (SSSR count). The van der Waals surface area contributed by atoms with E-state index in [1.807, 2.05) is 6.92 Å². The van der Waals surface area contributed by atoms with Gasteiger partial charge >= 0.3 is 0 Å². The van der Waals surface area contributed by atoms with Gasteiger partial charge in [0.15, 0.2) is 0 Å². The highest BCUT2D eigenvalue weighted by Crippen LogP contribution is 2.26. The second-order valence-electron chi connectivity index (χ2n) is 6.68. The van der Waals surface area contributed by atoms with E-state index in [1.54, 1.807) is 60.7 Å². The van der Waals surface area contributed by atoms with Crippen molar-refractivity contribution in [1.29, 1.82) is 0 Å². The fraction of sp³-hybridized carbons (Fsp3) is 0.130. The fourth-order valence-electron chi connectivity index (χ4n) is 2.88. The van der Waals surface area contributed by atoms with E-state index < -0.39 is 22.5 Å². The number of benzene rings is 3. The maximum Gasteiger partial charge on any atom is 0.264 e. The normalized spacial score (nSPS) is 11.4. The van der Waals surface area contributed by atoms with Gasteiger partial charge in [0.25, 0.3) is 15.9 Å². The number of rotatable bonds is 9. The maximum atomic E-state index is 13.3. The predicted octanol–water partition coefficient (Wildman–Crippen LogP) is 4.74. The Bertz CT molecular complexity index is 1210. The zero-order valence-corrected chi connectivity index (χ0v) is 19.9. The summed E-state index contributed by atoms with van der Waals surface area (Å²) >= 11 is 12.2. The van der Waals surface area contributed by atoms with Crippen molar-refractivity contribution in [3.63, 3.8) is 0 Å². The maximum absolute atomic E-state index is 13.3. The number of carbonyl (C=O) groups is 1. The molecule has 0 saturated carbocycles. The summed E-state index contributed by atoms with van der Waals surface area (Å²) in [6.07, 6.45) is 1.30. The summed E-state index contributed by atoms with van der Waals surface area (Å²) in [5.41, 5.74) is 3.06. The zero-order valence-electron chi connectivity index (χ0n) is 17.6. The van der Waals surface area contributed by atoms with Crippen molar-refractivity contribution in [3.8, 4) is 5.75 Å². The number of nitrogens with zero attached hydrogens (tertiary/aromatic N) is 2. The first-order valence-corrected chi connectivity index (χ1v) is 12.1. The second-order valence-corrected chi connectivity index (χ2v) is 9.36. The van der Waals surface area contributed by atoms with Crippen LogP contribution in [0.15, 0.2) is 82.8 Å². The van der Waals surface area contributed by atoms with E-state index in [4.69, 9.17) is 27.9 Å². The first-order valence-electron chi connectivity index (χ1n) is 9.89. The van der Waals surface area contributed by atoms with Crippen LogP contribution < -0.4 is 14.5 Å². The third kappa shape index (κ3) is 6.25. The number of amides is 1. The number of hydrazone groups is 1. The number of hydrogen-bond donors (Lipinski definition) is 1. The lowest BCUT2D eigenvalue weighted by atomic mass is 10.2. The number of nitrogens with one attached hydrogen (secondary N) is 1. The van der Waals surface area contributed by atoms with Gasteiger partial charge in [-0.25, -0.2) is 13.8 Å². The molecule has 0 atom stereocenters. The number of hydrogen-bond acceptors (Lipinski definition) is 5. The minimum Gasteiger partial charge on any atom is -0.494 e. The van der Waals surface area contributed by atoms with Crippen LogP contribution in [0.2, 0.25) is 10.0 Å². The molecule has 0 saturated heterocycles. The highest BCUT2D eigenvalue weighted by molar-refractivity contribution is 7.92. The van der Waals surface area contributed by atoms with Crippen LogP contribution in [-0.4, -0.2) is 33.7 Å². The molecular weight excluding hydrogens is 485 g/mol. The van der Waals surface area contributed by atoms with Crippen molar-refractivity contribution in [3.05, 3.63) is 88.4 Å². The Morgan fingerprint density at radius 2 is 1.64 bits per heavy atom. The predicted molar refractivity (Wildman–Crippen MR) is 131 cm³/mol. The molecular formula is C23H21Cl2N3O4S. The van der Waals surface area contributed by atoms with Crippen LogP contribution in [0, 0.1) is 0 Å². The number of sulfonamides is 1. The molecule has 3 aromatic rings. The fourth-order valence-corrected chi connectivity index (χ4v) is 4.82. The molecule has 0 heterocycles. The van der Waals surface area contributed by atoms with Crippen LogP contribution >= 0.6 is 23.2 Å². The largest absolute Gasteiger partial charge is 0.494 e. The van der Waals surface area contributed by atoms with Gasteiger partial charge in [0.05, 0.1) is 33.4 Å². The van der Waals surface area contributed by atoms with Crippen LogP contribution in [0.25, 0.3) is 0 Å². The zero-order chi connectivity index (χ0) is 23.8. The topological polar surface area (TPSA) is 88.1 Å². The molecule has 7 nitrogen and oxygen atoms in total. The van der Waals surface area contributed by atoms with Crippen LogP contribution in [-0.2, 0) is 14.8 Å². The van der Waals surface area contributed by atoms with Gasteiger partial charge in [0, 0.05) is 5.56 Å². The highest BCUT2D eigenvalue weighted by atomic mass is 35.5. The molecule has 3 aromatic carbocycles. The minimum absolute atomic E-state index is 0.0537. The summed E-state index contributed by atoms with van der Waals surface area (Å²) in [5, 5.41) is 4.60. The Labute approximate surface area is 202 Å². The first kappa shape index (κ1) is 24.6. The SMILES string of the molecule is CCOc1ccc(N(CC(=O)N/N=C\c2c(Cl)cccc2Cl)S(=O)(=O)c2ccccc2)cc1. The van der Waals surface area contributed by atoms with Gasteiger partial charge in [-0.1, -0.05) is 47.5 Å². The number of anilines is 1. The molecule has 0 spiro atoms. The van der Waals surface area contributed by atoms with E-state index >= 15 is 0 Å². The molecule has 0 aliphatic carbocycles. The first-order chi connectivity index (χ1) is 15.8. The van der Waals surface area contributed by atoms with Crippen LogP contribution in [0.3, 0.4) is 0 Å². The molecule has 0 bridgehead atoms. The van der Waals surface area contributed by atoms with Crippen molar-refractivity contribution in [2.75, 3.05) is 17.5 Å². The van der Waals surface area contributed by atoms with Crippen molar-refractivity contribution in [1.82, 2.24) is 5.43 Å². The summed E-state index contributed by atoms with van der Waals surface area (Å²) in [6, 6.07) is 19.2. The molecule has 172 valence electrons. The van der Waals surface area contributed by atoms with Gasteiger partial charge in [0.1, 0.15) is 12.3 Å². The van der Waals surface area contributed by atoms with E-state index in [2.05, 4.69) is 10.5 Å². The molecule has 1 amide bonds. The summed E-state index contributed by atoms with van der Waals surface area (Å²) < 4.78 is 33.0. The van der Waals surface area contributed by atoms with Crippen LogP contribution in [0.5, 0.6) is 5.75 Å². The third-order valence-electron chi connectivity index (χ3n) is 4.44. The Balaban J connectivity index is 1.85. The molecule has 0 aliphatic heterocycles. The van der Waals surface area contributed by atoms with E-state index in [1.165, 1.54) is 18.3 Å². The van der Waals surface area contributed by atoms with Crippen molar-refractivity contribution < 1.29 is 17.9 Å². The van der Waals surface area contributed by atoms with Crippen molar-refractivity contribution in [2.24, 2.45) is 5.10 Å². The van der Waals surface area contributed by atoms with E-state index in [0.717, 1.165) is 4.31 Å². The van der Waals surface area contributed by atoms with E-state index in [-0.39, 0.29) is 4.90 Å². The quantitative estimate of drug-likeness (QED) is 0.336. The average Bonchev–Trinajstić information content (AvgIpc) is 2.81. The Morgan fingerprint density at radius 1 is 1.00 bits per heavy atom. The number of carbonyl (C=O) groups excluding carboxylic acids is 1. The molecule has 0 aliphatic rings. The van der Waals surface area contributed by atoms with Crippen molar-refractivity contribution >= 4 is 51.0 Å². The van der Waals surface area contributed by atoms with E-state index in [9.17, 15) is 13.2 Å². The molecule has 10 heteroatoms. The molecule has 1 N–H and O–H groups in total. The Hall–Kier alpha value is -3.07. The lowest BCUT2D eigenvalue weighted by molar-refractivity contribution is -0.119. The molecule has 0 unspecified atom stereocenters. The standard InChI is InChI=1S/C23H21Cl2N3O4S/c1-2-32-18-13-11-17(12-14-18)28(33(30,31)19-7-4-3-5-8-19)16-23(29)27-26-15-20-21(24)9-6-10-22(20)25/h3-15H,2,16H2,1H3,(H,27,29)/b26-15-. The van der Waals surface area contributed by atoms with Gasteiger partial charge in [-0.05, 0) is 55.5 Å². The van der Waals surface area contributed by atoms with E-state index in [0.29, 0.717) is 33.7 Å². The molecule has 0 fully saturated rings. The third-order valence-corrected chi connectivity index (χ3v) is 6.88. The highest BCUT2D eigenvalue weighted by Gasteiger charge is 2.27. The lowest BCUT2D eigenvalue weighted by Gasteiger charge is -2.24. The second kappa shape index (κ2) is 11.2. The summed E-state index contributed by atoms with van der Waals surface area (Å²) in [7, 11) is -4.03. The Kier molecular flexibility index (Phi) is 8.32. The van der Waals surface area contributed by atoms with Gasteiger partial charge in [-0.15, -0.1) is 0 Å². The van der Waals surface area contributed by atoms with Gasteiger partial charge < -0.3 is 4.74 Å². The summed E-state index contributed by atoms with van der Waals surface area (Å²) in [4.78, 5) is 12.7. The number of ether oxygens (including phenoxy) is 1. The minimum atomic E-state index is -4.03. The van der Waals surface area contributed by atoms with Gasteiger partial charge in [0.2, 0.25) is 0 Å². The smallest absolute Gasteiger partial charge is 0.264 e. The average molecular weight is 506 g/mol. The molecule has 33 heavy (non-hydrogen) atoms. The van der Waals surface area contributed by atoms with Crippen molar-refractivity contribution in [2.45, 2.75) is 11.8 Å².